The first-order valence-corrected chi connectivity index (χ1v) is 10.7. The van der Waals surface area contributed by atoms with Gasteiger partial charge in [0.25, 0.3) is 0 Å². The molecule has 1 aliphatic rings. The number of morpholine rings is 1. The van der Waals surface area contributed by atoms with Gasteiger partial charge in [-0.05, 0) is 56.7 Å². The summed E-state index contributed by atoms with van der Waals surface area (Å²) in [5, 5.41) is 10.9. The highest BCUT2D eigenvalue weighted by Crippen LogP contribution is 2.22. The fourth-order valence-electron chi connectivity index (χ4n) is 3.83. The fourth-order valence-corrected chi connectivity index (χ4v) is 3.83. The molecule has 2 aromatic carbocycles. The van der Waals surface area contributed by atoms with E-state index in [9.17, 15) is 8.78 Å². The molecule has 2 heterocycles. The Labute approximate surface area is 186 Å². The van der Waals surface area contributed by atoms with Crippen molar-refractivity contribution >= 4 is 17.3 Å². The van der Waals surface area contributed by atoms with Crippen LogP contribution in [-0.2, 0) is 4.74 Å². The van der Waals surface area contributed by atoms with Crippen LogP contribution >= 0.6 is 0 Å². The number of ether oxygens (including phenoxy) is 1. The zero-order valence-corrected chi connectivity index (χ0v) is 18.5. The van der Waals surface area contributed by atoms with Gasteiger partial charge in [-0.1, -0.05) is 0 Å². The van der Waals surface area contributed by atoms with Gasteiger partial charge >= 0.3 is 0 Å². The second kappa shape index (κ2) is 9.62. The molecule has 0 amide bonds. The van der Waals surface area contributed by atoms with Crippen molar-refractivity contribution in [1.82, 2.24) is 19.7 Å². The van der Waals surface area contributed by atoms with Crippen molar-refractivity contribution in [2.45, 2.75) is 32.9 Å². The summed E-state index contributed by atoms with van der Waals surface area (Å²) in [4.78, 5) is 6.63. The first-order valence-electron chi connectivity index (χ1n) is 10.7. The van der Waals surface area contributed by atoms with Crippen LogP contribution in [0.15, 0.2) is 42.7 Å². The quantitative estimate of drug-likeness (QED) is 0.574. The fraction of sp³-hybridized carbons (Fsp3) is 0.391. The molecule has 2 atom stereocenters. The smallest absolute Gasteiger partial charge is 0.246 e. The van der Waals surface area contributed by atoms with Crippen molar-refractivity contribution in [3.8, 4) is 5.69 Å². The van der Waals surface area contributed by atoms with E-state index in [4.69, 9.17) is 4.74 Å². The number of aryl methyl sites for hydroxylation is 1. The molecule has 7 nitrogen and oxygen atoms in total. The van der Waals surface area contributed by atoms with E-state index < -0.39 is 11.6 Å². The molecule has 0 spiro atoms. The third-order valence-electron chi connectivity index (χ3n) is 5.40. The molecule has 1 aromatic heterocycles. The third-order valence-corrected chi connectivity index (χ3v) is 5.40. The Morgan fingerprint density at radius 1 is 1.06 bits per heavy atom. The van der Waals surface area contributed by atoms with E-state index in [0.29, 0.717) is 12.0 Å². The molecule has 4 rings (SSSR count). The summed E-state index contributed by atoms with van der Waals surface area (Å²) >= 11 is 0. The Balaban J connectivity index is 1.39. The van der Waals surface area contributed by atoms with E-state index >= 15 is 0 Å². The summed E-state index contributed by atoms with van der Waals surface area (Å²) in [5.74, 6) is -0.997. The summed E-state index contributed by atoms with van der Waals surface area (Å²) in [6.45, 7) is 9.76. The minimum absolute atomic E-state index is 0.261. The van der Waals surface area contributed by atoms with Crippen molar-refractivity contribution in [1.29, 1.82) is 0 Å². The number of hydrogen-bond donors (Lipinski definition) is 2. The molecular weight excluding hydrogens is 414 g/mol. The lowest BCUT2D eigenvalue weighted by Gasteiger charge is -2.36. The molecule has 3 aromatic rings. The molecule has 0 saturated carbocycles. The molecule has 32 heavy (non-hydrogen) atoms. The zero-order chi connectivity index (χ0) is 22.7. The topological polar surface area (TPSA) is 67.2 Å². The Morgan fingerprint density at radius 3 is 2.59 bits per heavy atom. The predicted octanol–water partition coefficient (Wildman–Crippen LogP) is 4.12. The molecule has 1 saturated heterocycles. The SMILES string of the molecule is Cc1cc(NCCN2CC(C)OCC2C)cc(Nc2ncn(-c3cc(F)cc(F)c3)n2)c1. The van der Waals surface area contributed by atoms with Crippen LogP contribution in [0.4, 0.5) is 26.1 Å². The summed E-state index contributed by atoms with van der Waals surface area (Å²) in [7, 11) is 0. The average Bonchev–Trinajstić information content (AvgIpc) is 3.18. The zero-order valence-electron chi connectivity index (χ0n) is 18.5. The molecule has 170 valence electrons. The normalized spacial score (nSPS) is 19.2. The van der Waals surface area contributed by atoms with Gasteiger partial charge in [-0.2, -0.15) is 4.98 Å². The van der Waals surface area contributed by atoms with Crippen molar-refractivity contribution in [2.24, 2.45) is 0 Å². The van der Waals surface area contributed by atoms with Crippen LogP contribution in [0.5, 0.6) is 0 Å². The number of aromatic nitrogens is 3. The van der Waals surface area contributed by atoms with Crippen LogP contribution in [0.3, 0.4) is 0 Å². The minimum atomic E-state index is -0.666. The lowest BCUT2D eigenvalue weighted by molar-refractivity contribution is -0.0476. The van der Waals surface area contributed by atoms with Crippen LogP contribution in [-0.4, -0.2) is 58.1 Å². The predicted molar refractivity (Wildman–Crippen MR) is 121 cm³/mol. The molecule has 1 aliphatic heterocycles. The van der Waals surface area contributed by atoms with E-state index in [1.807, 2.05) is 19.1 Å². The maximum atomic E-state index is 13.5. The van der Waals surface area contributed by atoms with Gasteiger partial charge in [0.1, 0.15) is 18.0 Å². The Bertz CT molecular complexity index is 1050. The number of benzene rings is 2. The summed E-state index contributed by atoms with van der Waals surface area (Å²) < 4.78 is 34.0. The van der Waals surface area contributed by atoms with Gasteiger partial charge in [-0.3, -0.25) is 4.90 Å². The lowest BCUT2D eigenvalue weighted by atomic mass is 10.2. The van der Waals surface area contributed by atoms with Gasteiger partial charge < -0.3 is 15.4 Å². The molecule has 9 heteroatoms. The average molecular weight is 443 g/mol. The van der Waals surface area contributed by atoms with Crippen molar-refractivity contribution < 1.29 is 13.5 Å². The maximum absolute atomic E-state index is 13.5. The van der Waals surface area contributed by atoms with Crippen LogP contribution in [0, 0.1) is 18.6 Å². The molecule has 2 unspecified atom stereocenters. The molecule has 0 aliphatic carbocycles. The van der Waals surface area contributed by atoms with Gasteiger partial charge in [-0.15, -0.1) is 5.10 Å². The lowest BCUT2D eigenvalue weighted by Crippen LogP contribution is -2.48. The molecule has 2 N–H and O–H groups in total. The Morgan fingerprint density at radius 2 is 1.81 bits per heavy atom. The number of nitrogens with one attached hydrogen (secondary N) is 2. The maximum Gasteiger partial charge on any atom is 0.246 e. The van der Waals surface area contributed by atoms with Crippen LogP contribution in [0.25, 0.3) is 5.69 Å². The summed E-state index contributed by atoms with van der Waals surface area (Å²) in [6, 6.07) is 9.69. The van der Waals surface area contributed by atoms with Crippen LogP contribution < -0.4 is 10.6 Å². The van der Waals surface area contributed by atoms with Gasteiger partial charge in [0.05, 0.1) is 18.4 Å². The molecule has 0 bridgehead atoms. The molecule has 1 fully saturated rings. The van der Waals surface area contributed by atoms with Gasteiger partial charge in [0.15, 0.2) is 0 Å². The van der Waals surface area contributed by atoms with Gasteiger partial charge in [0, 0.05) is 43.1 Å². The first kappa shape index (κ1) is 22.2. The summed E-state index contributed by atoms with van der Waals surface area (Å²) in [6.07, 6.45) is 1.67. The van der Waals surface area contributed by atoms with E-state index in [1.165, 1.54) is 23.1 Å². The number of anilines is 3. The number of halogens is 2. The van der Waals surface area contributed by atoms with Gasteiger partial charge in [0.2, 0.25) is 5.95 Å². The van der Waals surface area contributed by atoms with Gasteiger partial charge in [-0.25, -0.2) is 13.5 Å². The Kier molecular flexibility index (Phi) is 6.66. The molecule has 0 radical (unpaired) electrons. The van der Waals surface area contributed by atoms with E-state index in [0.717, 1.165) is 49.2 Å². The second-order valence-electron chi connectivity index (χ2n) is 8.27. The molecular formula is C23H28F2N6O. The Hall–Kier alpha value is -3.04. The highest BCUT2D eigenvalue weighted by Gasteiger charge is 2.22. The number of nitrogens with zero attached hydrogens (tertiary/aromatic N) is 4. The van der Waals surface area contributed by atoms with Crippen molar-refractivity contribution in [2.75, 3.05) is 36.9 Å². The summed E-state index contributed by atoms with van der Waals surface area (Å²) in [5.41, 5.74) is 3.16. The number of rotatable bonds is 7. The van der Waals surface area contributed by atoms with E-state index in [2.05, 4.69) is 45.5 Å². The standard InChI is InChI=1S/C23H28F2N6O/c1-15-6-20(26-4-5-30-12-17(3)32-13-16(30)2)11-21(7-15)28-23-27-14-31(29-23)22-9-18(24)8-19(25)10-22/h6-11,14,16-17,26H,4-5,12-13H2,1-3H3,(H,28,29). The van der Waals surface area contributed by atoms with E-state index in [-0.39, 0.29) is 11.8 Å². The van der Waals surface area contributed by atoms with Crippen LogP contribution in [0.1, 0.15) is 19.4 Å². The van der Waals surface area contributed by atoms with Crippen molar-refractivity contribution in [3.05, 3.63) is 59.9 Å². The second-order valence-corrected chi connectivity index (χ2v) is 8.27. The third kappa shape index (κ3) is 5.60. The highest BCUT2D eigenvalue weighted by molar-refractivity contribution is 5.63. The van der Waals surface area contributed by atoms with Crippen molar-refractivity contribution in [3.63, 3.8) is 0 Å². The first-order chi connectivity index (χ1) is 15.4. The van der Waals surface area contributed by atoms with E-state index in [1.54, 1.807) is 0 Å². The highest BCUT2D eigenvalue weighted by atomic mass is 19.1. The number of hydrogen-bond acceptors (Lipinski definition) is 6. The van der Waals surface area contributed by atoms with Crippen LogP contribution in [0.2, 0.25) is 0 Å². The minimum Gasteiger partial charge on any atom is -0.384 e. The monoisotopic (exact) mass is 442 g/mol. The largest absolute Gasteiger partial charge is 0.384 e.